The van der Waals surface area contributed by atoms with Crippen LogP contribution in [0.2, 0.25) is 0 Å². The van der Waals surface area contributed by atoms with Crippen LogP contribution in [0.4, 0.5) is 9.18 Å². The first-order valence-electron chi connectivity index (χ1n) is 14.2. The molecule has 2 saturated heterocycles. The van der Waals surface area contributed by atoms with Crippen LogP contribution in [0.25, 0.3) is 11.4 Å². The van der Waals surface area contributed by atoms with E-state index in [1.165, 1.54) is 29.4 Å². The Morgan fingerprint density at radius 2 is 1.63 bits per heavy atom. The average Bonchev–Trinajstić information content (AvgIpc) is 3.66. The first kappa shape index (κ1) is 28.5. The molecule has 41 heavy (non-hydrogen) atoms. The SMILES string of the molecule is CC(C)(C)OC(=O)N1CCC(N(C(=O)c2cnc(-c3ccc(C(=O)N4CCC(C#N)C4)c(F)c3)nc2)C2CC2)CC1. The second-order valence-electron chi connectivity index (χ2n) is 12.0. The van der Waals surface area contributed by atoms with E-state index in [2.05, 4.69) is 16.0 Å². The Morgan fingerprint density at radius 3 is 2.20 bits per heavy atom. The number of likely N-dealkylation sites (tertiary alicyclic amines) is 2. The third kappa shape index (κ3) is 6.47. The first-order valence-corrected chi connectivity index (χ1v) is 14.2. The Balaban J connectivity index is 1.23. The van der Waals surface area contributed by atoms with E-state index >= 15 is 0 Å². The maximum absolute atomic E-state index is 14.9. The van der Waals surface area contributed by atoms with E-state index in [4.69, 9.17) is 10.00 Å². The molecule has 3 amide bonds. The molecule has 3 heterocycles. The minimum atomic E-state index is -0.686. The highest BCUT2D eigenvalue weighted by Gasteiger charge is 2.40. The Kier molecular flexibility index (Phi) is 7.93. The molecule has 1 aromatic carbocycles. The third-order valence-corrected chi connectivity index (χ3v) is 7.70. The Bertz CT molecular complexity index is 1360. The maximum Gasteiger partial charge on any atom is 0.410 e. The van der Waals surface area contributed by atoms with Crippen molar-refractivity contribution in [1.82, 2.24) is 24.7 Å². The van der Waals surface area contributed by atoms with E-state index in [-0.39, 0.29) is 41.4 Å². The van der Waals surface area contributed by atoms with E-state index in [9.17, 15) is 18.8 Å². The molecule has 0 bridgehead atoms. The lowest BCUT2D eigenvalue weighted by molar-refractivity contribution is 0.0142. The molecule has 3 aliphatic rings. The lowest BCUT2D eigenvalue weighted by Crippen LogP contribution is -2.50. The summed E-state index contributed by atoms with van der Waals surface area (Å²) in [6, 6.07) is 6.54. The molecule has 0 radical (unpaired) electrons. The third-order valence-electron chi connectivity index (χ3n) is 7.70. The fourth-order valence-electron chi connectivity index (χ4n) is 5.42. The average molecular weight is 563 g/mol. The number of nitriles is 1. The Morgan fingerprint density at radius 1 is 1.00 bits per heavy atom. The van der Waals surface area contributed by atoms with Gasteiger partial charge in [0.2, 0.25) is 0 Å². The van der Waals surface area contributed by atoms with Crippen molar-refractivity contribution in [2.75, 3.05) is 26.2 Å². The highest BCUT2D eigenvalue weighted by Crippen LogP contribution is 2.33. The molecule has 0 N–H and O–H groups in total. The quantitative estimate of drug-likeness (QED) is 0.534. The molecule has 1 atom stereocenters. The molecule has 1 unspecified atom stereocenters. The zero-order chi connectivity index (χ0) is 29.3. The number of carbonyl (C=O) groups excluding carboxylic acids is 3. The number of carbonyl (C=O) groups is 3. The molecule has 1 aliphatic carbocycles. The summed E-state index contributed by atoms with van der Waals surface area (Å²) < 4.78 is 20.4. The molecule has 0 spiro atoms. The number of piperidine rings is 1. The van der Waals surface area contributed by atoms with Crippen LogP contribution in [0.3, 0.4) is 0 Å². The summed E-state index contributed by atoms with van der Waals surface area (Å²) in [6.45, 7) is 7.29. The summed E-state index contributed by atoms with van der Waals surface area (Å²) in [6.07, 6.45) is 6.38. The van der Waals surface area contributed by atoms with Gasteiger partial charge in [0.1, 0.15) is 11.4 Å². The number of amides is 3. The van der Waals surface area contributed by atoms with Gasteiger partial charge in [-0.2, -0.15) is 5.26 Å². The first-order chi connectivity index (χ1) is 19.5. The minimum Gasteiger partial charge on any atom is -0.444 e. The number of benzene rings is 1. The molecule has 5 rings (SSSR count). The van der Waals surface area contributed by atoms with E-state index in [1.54, 1.807) is 11.0 Å². The van der Waals surface area contributed by atoms with Crippen LogP contribution in [0, 0.1) is 23.1 Å². The predicted molar refractivity (Wildman–Crippen MR) is 147 cm³/mol. The van der Waals surface area contributed by atoms with E-state index in [0.717, 1.165) is 12.8 Å². The number of hydrogen-bond acceptors (Lipinski definition) is 7. The second-order valence-corrected chi connectivity index (χ2v) is 12.0. The van der Waals surface area contributed by atoms with Gasteiger partial charge in [-0.15, -0.1) is 0 Å². The zero-order valence-corrected chi connectivity index (χ0v) is 23.7. The van der Waals surface area contributed by atoms with Crippen molar-refractivity contribution in [3.63, 3.8) is 0 Å². The summed E-state index contributed by atoms with van der Waals surface area (Å²) >= 11 is 0. The van der Waals surface area contributed by atoms with Crippen LogP contribution in [0.1, 0.15) is 73.6 Å². The van der Waals surface area contributed by atoms with Gasteiger partial charge in [-0.3, -0.25) is 9.59 Å². The van der Waals surface area contributed by atoms with Gasteiger partial charge >= 0.3 is 6.09 Å². The number of halogens is 1. The van der Waals surface area contributed by atoms with Crippen LogP contribution >= 0.6 is 0 Å². The highest BCUT2D eigenvalue weighted by molar-refractivity contribution is 5.95. The normalized spacial score (nSPS) is 19.5. The fourth-order valence-corrected chi connectivity index (χ4v) is 5.42. The minimum absolute atomic E-state index is 0.00610. The predicted octanol–water partition coefficient (Wildman–Crippen LogP) is 4.27. The zero-order valence-electron chi connectivity index (χ0n) is 23.7. The molecule has 2 aliphatic heterocycles. The molecule has 3 fully saturated rings. The Labute approximate surface area is 239 Å². The highest BCUT2D eigenvalue weighted by atomic mass is 19.1. The van der Waals surface area contributed by atoms with Crippen LogP contribution in [-0.4, -0.2) is 86.4 Å². The van der Waals surface area contributed by atoms with E-state index in [1.807, 2.05) is 25.7 Å². The summed E-state index contributed by atoms with van der Waals surface area (Å²) in [7, 11) is 0. The second kappa shape index (κ2) is 11.4. The summed E-state index contributed by atoms with van der Waals surface area (Å²) in [5.74, 6) is -1.26. The number of ether oxygens (including phenoxy) is 1. The van der Waals surface area contributed by atoms with Crippen LogP contribution in [0.15, 0.2) is 30.6 Å². The van der Waals surface area contributed by atoms with Crippen molar-refractivity contribution in [2.45, 2.75) is 70.6 Å². The number of aromatic nitrogens is 2. The summed E-state index contributed by atoms with van der Waals surface area (Å²) in [4.78, 5) is 52.5. The van der Waals surface area contributed by atoms with Crippen molar-refractivity contribution in [3.05, 3.63) is 47.5 Å². The molecule has 2 aromatic rings. The van der Waals surface area contributed by atoms with Crippen LogP contribution < -0.4 is 0 Å². The van der Waals surface area contributed by atoms with Gasteiger partial charge in [-0.05, 0) is 65.0 Å². The van der Waals surface area contributed by atoms with E-state index in [0.29, 0.717) is 56.6 Å². The Hall–Kier alpha value is -4.07. The van der Waals surface area contributed by atoms with Crippen molar-refractivity contribution in [2.24, 2.45) is 5.92 Å². The molecule has 1 saturated carbocycles. The van der Waals surface area contributed by atoms with Crippen molar-refractivity contribution >= 4 is 17.9 Å². The molecule has 216 valence electrons. The molecule has 1 aromatic heterocycles. The van der Waals surface area contributed by atoms with Gasteiger partial charge in [0.25, 0.3) is 11.8 Å². The van der Waals surface area contributed by atoms with Gasteiger partial charge in [-0.1, -0.05) is 6.07 Å². The lowest BCUT2D eigenvalue weighted by Gasteiger charge is -2.39. The number of rotatable bonds is 5. The monoisotopic (exact) mass is 562 g/mol. The lowest BCUT2D eigenvalue weighted by atomic mass is 10.0. The smallest absolute Gasteiger partial charge is 0.410 e. The van der Waals surface area contributed by atoms with Crippen LogP contribution in [-0.2, 0) is 4.74 Å². The fraction of sp³-hybridized carbons (Fsp3) is 0.533. The van der Waals surface area contributed by atoms with Gasteiger partial charge in [0.05, 0.1) is 23.1 Å². The molecule has 11 heteroatoms. The van der Waals surface area contributed by atoms with Crippen molar-refractivity contribution in [3.8, 4) is 17.5 Å². The topological polar surface area (TPSA) is 120 Å². The summed E-state index contributed by atoms with van der Waals surface area (Å²) in [5.41, 5.74) is 0.126. The van der Waals surface area contributed by atoms with E-state index < -0.39 is 17.3 Å². The van der Waals surface area contributed by atoms with Gasteiger partial charge in [0, 0.05) is 56.2 Å². The molecular formula is C30H35FN6O4. The largest absolute Gasteiger partial charge is 0.444 e. The van der Waals surface area contributed by atoms with Crippen LogP contribution in [0.5, 0.6) is 0 Å². The van der Waals surface area contributed by atoms with Gasteiger partial charge in [0.15, 0.2) is 5.82 Å². The summed E-state index contributed by atoms with van der Waals surface area (Å²) in [5, 5.41) is 9.08. The van der Waals surface area contributed by atoms with Gasteiger partial charge in [-0.25, -0.2) is 19.2 Å². The molecule has 10 nitrogen and oxygen atoms in total. The van der Waals surface area contributed by atoms with Crippen molar-refractivity contribution < 1.29 is 23.5 Å². The number of hydrogen-bond donors (Lipinski definition) is 0. The van der Waals surface area contributed by atoms with Crippen molar-refractivity contribution in [1.29, 1.82) is 5.26 Å². The maximum atomic E-state index is 14.9. The number of nitrogens with zero attached hydrogens (tertiary/aromatic N) is 6. The van der Waals surface area contributed by atoms with Gasteiger partial charge < -0.3 is 19.4 Å². The molecular weight excluding hydrogens is 527 g/mol. The standard InChI is InChI=1S/C30H35FN6O4/c1-30(2,3)41-29(40)35-12-9-23(10-13-35)37(22-5-6-22)27(38)21-16-33-26(34-17-21)20-4-7-24(25(31)14-20)28(39)36-11-8-19(15-32)18-36/h4,7,14,16-17,19,22-23H,5-6,8-13,18H2,1-3H3.